The van der Waals surface area contributed by atoms with E-state index in [9.17, 15) is 0 Å². The van der Waals surface area contributed by atoms with Crippen LogP contribution in [0.25, 0.3) is 0 Å². The molecule has 0 aliphatic rings. The molecule has 1 aromatic carbocycles. The van der Waals surface area contributed by atoms with Gasteiger partial charge >= 0.3 is 0 Å². The van der Waals surface area contributed by atoms with Crippen LogP contribution in [0.4, 0.5) is 5.69 Å². The lowest BCUT2D eigenvalue weighted by Crippen LogP contribution is -2.32. The minimum atomic E-state index is 0.406. The minimum Gasteiger partial charge on any atom is -0.371 e. The van der Waals surface area contributed by atoms with Crippen molar-refractivity contribution in [3.8, 4) is 0 Å². The summed E-state index contributed by atoms with van der Waals surface area (Å²) in [5.41, 5.74) is 2.76. The fourth-order valence-corrected chi connectivity index (χ4v) is 2.62. The van der Waals surface area contributed by atoms with Gasteiger partial charge in [0.05, 0.1) is 0 Å². The summed E-state index contributed by atoms with van der Waals surface area (Å²) in [6.45, 7) is 9.93. The molecule has 1 atom stereocenters. The number of hydrogen-bond donors (Lipinski definition) is 1. The Labute approximate surface area is 112 Å². The molecule has 0 saturated heterocycles. The summed E-state index contributed by atoms with van der Waals surface area (Å²) in [5.74, 6) is 0. The fourth-order valence-electron chi connectivity index (χ4n) is 2.62. The van der Waals surface area contributed by atoms with Crippen LogP contribution in [0.1, 0.15) is 52.1 Å². The van der Waals surface area contributed by atoms with E-state index in [-0.39, 0.29) is 0 Å². The average molecular weight is 248 g/mol. The molecular weight excluding hydrogens is 220 g/mol. The fraction of sp³-hybridized carbons (Fsp3) is 0.625. The largest absolute Gasteiger partial charge is 0.371 e. The average Bonchev–Trinajstić information content (AvgIpc) is 2.40. The third-order valence-electron chi connectivity index (χ3n) is 3.78. The van der Waals surface area contributed by atoms with E-state index in [1.54, 1.807) is 0 Å². The number of benzene rings is 1. The molecule has 2 nitrogen and oxygen atoms in total. The van der Waals surface area contributed by atoms with Gasteiger partial charge < -0.3 is 10.2 Å². The standard InChI is InChI=1S/C16H28N2/c1-6-14(7-2)18(5)16-12-10-9-11-15(16)13(4)17-8-3/h9-14,17H,6-8H2,1-5H3. The molecule has 1 aromatic rings. The molecule has 0 aliphatic heterocycles. The highest BCUT2D eigenvalue weighted by Crippen LogP contribution is 2.27. The third-order valence-corrected chi connectivity index (χ3v) is 3.78. The smallest absolute Gasteiger partial charge is 0.0414 e. The van der Waals surface area contributed by atoms with Gasteiger partial charge in [-0.2, -0.15) is 0 Å². The van der Waals surface area contributed by atoms with Crippen LogP contribution in [0.5, 0.6) is 0 Å². The van der Waals surface area contributed by atoms with Gasteiger partial charge in [0.2, 0.25) is 0 Å². The quantitative estimate of drug-likeness (QED) is 0.785. The van der Waals surface area contributed by atoms with Crippen molar-refractivity contribution in [1.82, 2.24) is 5.32 Å². The molecule has 0 heterocycles. The second-order valence-corrected chi connectivity index (χ2v) is 4.92. The Morgan fingerprint density at radius 3 is 2.28 bits per heavy atom. The summed E-state index contributed by atoms with van der Waals surface area (Å²) in [6, 6.07) is 9.77. The number of hydrogen-bond acceptors (Lipinski definition) is 2. The molecule has 1 rings (SSSR count). The maximum atomic E-state index is 3.51. The Kier molecular flexibility index (Phi) is 6.20. The molecule has 2 heteroatoms. The SMILES string of the molecule is CCNC(C)c1ccccc1N(C)C(CC)CC. The lowest BCUT2D eigenvalue weighted by Gasteiger charge is -2.31. The molecule has 0 spiro atoms. The molecule has 102 valence electrons. The van der Waals surface area contributed by atoms with E-state index >= 15 is 0 Å². The molecule has 18 heavy (non-hydrogen) atoms. The van der Waals surface area contributed by atoms with Crippen LogP contribution in [0.3, 0.4) is 0 Å². The number of rotatable bonds is 7. The summed E-state index contributed by atoms with van der Waals surface area (Å²) < 4.78 is 0. The van der Waals surface area contributed by atoms with Gasteiger partial charge in [-0.1, -0.05) is 39.0 Å². The molecule has 0 aliphatic carbocycles. The van der Waals surface area contributed by atoms with E-state index in [0.29, 0.717) is 12.1 Å². The zero-order chi connectivity index (χ0) is 13.5. The first-order valence-electron chi connectivity index (χ1n) is 7.20. The number of para-hydroxylation sites is 1. The topological polar surface area (TPSA) is 15.3 Å². The molecule has 0 bridgehead atoms. The molecule has 0 fully saturated rings. The first-order chi connectivity index (χ1) is 8.65. The van der Waals surface area contributed by atoms with Crippen LogP contribution in [-0.4, -0.2) is 19.6 Å². The first-order valence-corrected chi connectivity index (χ1v) is 7.20. The van der Waals surface area contributed by atoms with Gasteiger partial charge in [-0.15, -0.1) is 0 Å². The maximum Gasteiger partial charge on any atom is 0.0414 e. The minimum absolute atomic E-state index is 0.406. The van der Waals surface area contributed by atoms with Crippen molar-refractivity contribution in [2.45, 2.75) is 52.6 Å². The number of nitrogens with one attached hydrogen (secondary N) is 1. The van der Waals surface area contributed by atoms with Gasteiger partial charge in [-0.25, -0.2) is 0 Å². The predicted molar refractivity (Wildman–Crippen MR) is 81.3 cm³/mol. The third kappa shape index (κ3) is 3.49. The van der Waals surface area contributed by atoms with E-state index < -0.39 is 0 Å². The summed E-state index contributed by atoms with van der Waals surface area (Å²) in [7, 11) is 2.22. The zero-order valence-corrected chi connectivity index (χ0v) is 12.5. The number of nitrogens with zero attached hydrogens (tertiary/aromatic N) is 1. The predicted octanol–water partition coefficient (Wildman–Crippen LogP) is 3.98. The van der Waals surface area contributed by atoms with Crippen molar-refractivity contribution in [3.05, 3.63) is 29.8 Å². The van der Waals surface area contributed by atoms with Gasteiger partial charge in [0.1, 0.15) is 0 Å². The Morgan fingerprint density at radius 2 is 1.72 bits per heavy atom. The van der Waals surface area contributed by atoms with Crippen molar-refractivity contribution in [2.75, 3.05) is 18.5 Å². The molecule has 0 saturated carbocycles. The highest BCUT2D eigenvalue weighted by atomic mass is 15.1. The highest BCUT2D eigenvalue weighted by Gasteiger charge is 2.16. The summed E-state index contributed by atoms with van der Waals surface area (Å²) in [6.07, 6.45) is 2.38. The molecule has 0 radical (unpaired) electrons. The molecule has 0 amide bonds. The van der Waals surface area contributed by atoms with Crippen molar-refractivity contribution in [3.63, 3.8) is 0 Å². The van der Waals surface area contributed by atoms with Crippen LogP contribution < -0.4 is 10.2 Å². The lowest BCUT2D eigenvalue weighted by molar-refractivity contribution is 0.571. The lowest BCUT2D eigenvalue weighted by atomic mass is 10.0. The van der Waals surface area contributed by atoms with Gasteiger partial charge in [0, 0.05) is 24.8 Å². The van der Waals surface area contributed by atoms with Crippen molar-refractivity contribution in [2.24, 2.45) is 0 Å². The van der Waals surface area contributed by atoms with E-state index in [4.69, 9.17) is 0 Å². The van der Waals surface area contributed by atoms with Crippen LogP contribution in [0.15, 0.2) is 24.3 Å². The van der Waals surface area contributed by atoms with Gasteiger partial charge in [-0.05, 0) is 37.9 Å². The first kappa shape index (κ1) is 15.0. The molecular formula is C16H28N2. The second kappa shape index (κ2) is 7.42. The Hall–Kier alpha value is -1.02. The second-order valence-electron chi connectivity index (χ2n) is 4.92. The maximum absolute atomic E-state index is 3.51. The molecule has 1 unspecified atom stereocenters. The summed E-state index contributed by atoms with van der Waals surface area (Å²) in [5, 5.41) is 3.51. The van der Waals surface area contributed by atoms with Gasteiger partial charge in [0.25, 0.3) is 0 Å². The van der Waals surface area contributed by atoms with E-state index in [2.05, 4.69) is 69.2 Å². The zero-order valence-electron chi connectivity index (χ0n) is 12.5. The Bertz CT molecular complexity index is 345. The van der Waals surface area contributed by atoms with Crippen LogP contribution in [-0.2, 0) is 0 Å². The Balaban J connectivity index is 3.00. The van der Waals surface area contributed by atoms with Crippen molar-refractivity contribution in [1.29, 1.82) is 0 Å². The number of anilines is 1. The molecule has 0 aromatic heterocycles. The monoisotopic (exact) mass is 248 g/mol. The molecule has 1 N–H and O–H groups in total. The van der Waals surface area contributed by atoms with Gasteiger partial charge in [-0.3, -0.25) is 0 Å². The Morgan fingerprint density at radius 1 is 1.11 bits per heavy atom. The van der Waals surface area contributed by atoms with E-state index in [1.165, 1.54) is 24.1 Å². The van der Waals surface area contributed by atoms with Crippen molar-refractivity contribution < 1.29 is 0 Å². The van der Waals surface area contributed by atoms with Gasteiger partial charge in [0.15, 0.2) is 0 Å². The van der Waals surface area contributed by atoms with Crippen LogP contribution in [0, 0.1) is 0 Å². The summed E-state index contributed by atoms with van der Waals surface area (Å²) >= 11 is 0. The normalized spacial score (nSPS) is 12.8. The van der Waals surface area contributed by atoms with Crippen LogP contribution >= 0.6 is 0 Å². The van der Waals surface area contributed by atoms with Crippen LogP contribution in [0.2, 0.25) is 0 Å². The summed E-state index contributed by atoms with van der Waals surface area (Å²) in [4.78, 5) is 2.43. The highest BCUT2D eigenvalue weighted by molar-refractivity contribution is 5.55. The van der Waals surface area contributed by atoms with E-state index in [1.807, 2.05) is 0 Å². The van der Waals surface area contributed by atoms with Crippen molar-refractivity contribution >= 4 is 5.69 Å². The van der Waals surface area contributed by atoms with E-state index in [0.717, 1.165) is 6.54 Å².